The third-order valence-corrected chi connectivity index (χ3v) is 39.7. The van der Waals surface area contributed by atoms with E-state index in [1.54, 1.807) is 0 Å². The van der Waals surface area contributed by atoms with Crippen LogP contribution in [0.15, 0.2) is 0 Å². The van der Waals surface area contributed by atoms with E-state index in [1.165, 1.54) is 526 Å². The summed E-state index contributed by atoms with van der Waals surface area (Å²) in [5.41, 5.74) is 3.31. The van der Waals surface area contributed by atoms with Crippen molar-refractivity contribution in [2.75, 3.05) is 302 Å². The van der Waals surface area contributed by atoms with Gasteiger partial charge in [-0.05, 0) is 600 Å². The van der Waals surface area contributed by atoms with Gasteiger partial charge in [0, 0.05) is 204 Å². The molecule has 3 atom stereocenters. The van der Waals surface area contributed by atoms with Crippen molar-refractivity contribution in [2.45, 2.75) is 505 Å². The van der Waals surface area contributed by atoms with Crippen molar-refractivity contribution in [3.8, 4) is 0 Å². The minimum absolute atomic E-state index is 0.354. The van der Waals surface area contributed by atoms with Crippen molar-refractivity contribution >= 4 is 0 Å². The first-order valence-electron chi connectivity index (χ1n) is 64.6. The molecule has 0 radical (unpaired) electrons. The molecule has 0 aromatic rings. The molecule has 3 unspecified atom stereocenters. The Kier molecular flexibility index (Phi) is 54.9. The van der Waals surface area contributed by atoms with Gasteiger partial charge in [-0.3, -0.25) is 58.8 Å². The summed E-state index contributed by atoms with van der Waals surface area (Å²) >= 11 is 0. The Morgan fingerprint density at radius 2 is 0.304 bits per heavy atom. The van der Waals surface area contributed by atoms with Crippen LogP contribution in [0.5, 0.6) is 0 Å². The van der Waals surface area contributed by atoms with Crippen LogP contribution >= 0.6 is 0 Å². The average molecular weight is 2080 g/mol. The molecular weight excluding hydrogens is 1820 g/mol. The molecule has 0 amide bonds. The molecule has 0 aromatic heterocycles. The smallest absolute Gasteiger partial charge is 0.0235 e. The molecule has 18 heterocycles. The lowest BCUT2D eigenvalue weighted by Crippen LogP contribution is -2.54. The molecule has 18 aliphatic heterocycles. The van der Waals surface area contributed by atoms with Gasteiger partial charge in [-0.1, -0.05) is 25.7 Å². The maximum atomic E-state index is 2.75. The van der Waals surface area contributed by atoms with Crippen molar-refractivity contribution in [1.82, 2.24) is 98.0 Å². The number of nitrogens with zero attached hydrogens (tertiary/aromatic N) is 20. The lowest BCUT2D eigenvalue weighted by Gasteiger charge is -2.45. The van der Waals surface area contributed by atoms with Crippen LogP contribution in [0.1, 0.15) is 425 Å². The Morgan fingerprint density at radius 3 is 0.541 bits per heavy atom. The largest absolute Gasteiger partial charge is 0.304 e. The van der Waals surface area contributed by atoms with Crippen molar-refractivity contribution in [1.29, 1.82) is 0 Å². The van der Waals surface area contributed by atoms with Crippen LogP contribution in [0.25, 0.3) is 0 Å². The zero-order valence-corrected chi connectivity index (χ0v) is 105. The number of hydrogen-bond donors (Lipinski definition) is 0. The van der Waals surface area contributed by atoms with Crippen LogP contribution in [0, 0.1) is 23.7 Å². The number of hydrogen-bond acceptors (Lipinski definition) is 20. The van der Waals surface area contributed by atoms with E-state index in [4.69, 9.17) is 0 Å². The van der Waals surface area contributed by atoms with E-state index in [0.29, 0.717) is 49.9 Å². The molecule has 18 fully saturated rings. The van der Waals surface area contributed by atoms with E-state index in [1.807, 2.05) is 0 Å². The molecule has 0 aliphatic carbocycles. The first kappa shape index (κ1) is 129. The highest BCUT2D eigenvalue weighted by molar-refractivity contribution is 4.97. The zero-order valence-electron chi connectivity index (χ0n) is 105. The highest BCUT2D eigenvalue weighted by Crippen LogP contribution is 2.37. The maximum absolute atomic E-state index is 2.75. The molecule has 20 nitrogen and oxygen atoms in total. The SMILES string of the molecule is CC(C)(C)N1CCC(CCN2CCCC2)CC1.CC(C)(C)N1CCC(CCN2CCCCC2)C1.CC(C)(C)N1CCC(CCN2CCCCC2)CC1.CC(C)(C)N1CCC(N2CCCC2)C1.CC(C)(C)N1CCC(N2CCCC2)CC1.CC(C)(C)N1CCC(N2CCCCC2)C1.CC(C)(C)N1CCC(N2CCCCC2)CC1.CN1CCN(C2CCN(C(C)(C)C)CC2)CC1.CN1CCN(CCC2CCN(C(C)(C)C)CC2)CC1. The summed E-state index contributed by atoms with van der Waals surface area (Å²) in [5, 5.41) is 0. The Morgan fingerprint density at radius 1 is 0.142 bits per heavy atom. The van der Waals surface area contributed by atoms with Crippen LogP contribution in [0.4, 0.5) is 0 Å². The summed E-state index contributed by atoms with van der Waals surface area (Å²) in [5.74, 6) is 3.91. The topological polar surface area (TPSA) is 64.8 Å². The molecule has 870 valence electrons. The van der Waals surface area contributed by atoms with Gasteiger partial charge in [0.05, 0.1) is 0 Å². The Labute approximate surface area is 922 Å². The number of piperazine rings is 2. The highest BCUT2D eigenvalue weighted by Gasteiger charge is 2.41. The van der Waals surface area contributed by atoms with Gasteiger partial charge in [0.25, 0.3) is 0 Å². The van der Waals surface area contributed by atoms with E-state index in [0.717, 1.165) is 53.9 Å². The monoisotopic (exact) mass is 2080 g/mol. The van der Waals surface area contributed by atoms with Crippen molar-refractivity contribution < 1.29 is 0 Å². The minimum atomic E-state index is 0.354. The van der Waals surface area contributed by atoms with E-state index in [9.17, 15) is 0 Å². The fraction of sp³-hybridized carbons (Fsp3) is 1.00. The Bertz CT molecular complexity index is 3350. The maximum Gasteiger partial charge on any atom is 0.0235 e. The fourth-order valence-electron chi connectivity index (χ4n) is 28.2. The van der Waals surface area contributed by atoms with Gasteiger partial charge in [0.1, 0.15) is 0 Å². The Hall–Kier alpha value is -0.800. The molecule has 20 heteroatoms. The van der Waals surface area contributed by atoms with Crippen molar-refractivity contribution in [2.24, 2.45) is 23.7 Å². The quantitative estimate of drug-likeness (QED) is 0.139. The summed E-state index contributed by atoms with van der Waals surface area (Å²) < 4.78 is 0. The van der Waals surface area contributed by atoms with Crippen LogP contribution in [0.3, 0.4) is 0 Å². The molecule has 0 bridgehead atoms. The van der Waals surface area contributed by atoms with E-state index >= 15 is 0 Å². The van der Waals surface area contributed by atoms with E-state index in [2.05, 4.69) is 299 Å². The van der Waals surface area contributed by atoms with Crippen LogP contribution in [0.2, 0.25) is 0 Å². The van der Waals surface area contributed by atoms with Gasteiger partial charge in [0.2, 0.25) is 0 Å². The van der Waals surface area contributed by atoms with Gasteiger partial charge in [0.15, 0.2) is 0 Å². The van der Waals surface area contributed by atoms with Crippen molar-refractivity contribution in [3.63, 3.8) is 0 Å². The first-order valence-corrected chi connectivity index (χ1v) is 64.6. The lowest BCUT2D eigenvalue weighted by molar-refractivity contribution is 0.0369. The summed E-state index contributed by atoms with van der Waals surface area (Å²) in [6, 6.07) is 4.34. The minimum Gasteiger partial charge on any atom is -0.304 e. The number of likely N-dealkylation sites (N-methyl/N-ethyl adjacent to an activating group) is 2. The second-order valence-electron chi connectivity index (χ2n) is 60.0. The molecule has 0 saturated carbocycles. The normalized spacial score (nSPS) is 27.7. The molecule has 0 N–H and O–H groups in total. The highest BCUT2D eigenvalue weighted by atomic mass is 15.3. The molecule has 0 spiro atoms. The number of likely N-dealkylation sites (tertiary alicyclic amines) is 16. The average Bonchev–Trinajstić information content (AvgIpc) is 1.77. The zero-order chi connectivity index (χ0) is 108. The summed E-state index contributed by atoms with van der Waals surface area (Å²) in [7, 11) is 4.47. The van der Waals surface area contributed by atoms with Crippen molar-refractivity contribution in [3.05, 3.63) is 0 Å². The van der Waals surface area contributed by atoms with Crippen LogP contribution in [-0.4, -0.2) is 480 Å². The van der Waals surface area contributed by atoms with Gasteiger partial charge in [-0.25, -0.2) is 0 Å². The van der Waals surface area contributed by atoms with E-state index in [-0.39, 0.29) is 0 Å². The number of rotatable bonds is 17. The van der Waals surface area contributed by atoms with Gasteiger partial charge >= 0.3 is 0 Å². The third-order valence-electron chi connectivity index (χ3n) is 39.7. The molecule has 18 aliphatic rings. The van der Waals surface area contributed by atoms with Gasteiger partial charge in [-0.15, -0.1) is 0 Å². The van der Waals surface area contributed by atoms with Crippen LogP contribution < -0.4 is 0 Å². The second-order valence-corrected chi connectivity index (χ2v) is 60.0. The predicted octanol–water partition coefficient (Wildman–Crippen LogP) is 22.4. The fourth-order valence-corrected chi connectivity index (χ4v) is 28.2. The summed E-state index contributed by atoms with van der Waals surface area (Å²) in [6.45, 7) is 121. The molecule has 18 rings (SSSR count). The lowest BCUT2D eigenvalue weighted by atomic mass is 9.90. The second kappa shape index (κ2) is 63.0. The van der Waals surface area contributed by atoms with Gasteiger partial charge in [-0.2, -0.15) is 0 Å². The summed E-state index contributed by atoms with van der Waals surface area (Å²) in [6.07, 6.45) is 52.5. The van der Waals surface area contributed by atoms with E-state index < -0.39 is 0 Å². The third kappa shape index (κ3) is 47.1. The number of piperidine rings is 10. The summed E-state index contributed by atoms with van der Waals surface area (Å²) in [4.78, 5) is 53.0. The Balaban J connectivity index is 0.000000171. The molecule has 18 saturated heterocycles. The van der Waals surface area contributed by atoms with Crippen LogP contribution in [-0.2, 0) is 0 Å². The predicted molar refractivity (Wildman–Crippen MR) is 644 cm³/mol. The van der Waals surface area contributed by atoms with Gasteiger partial charge < -0.3 is 39.2 Å². The first-order chi connectivity index (χ1) is 69.9. The standard InChI is InChI=1S/C16H33N3.C16H32N2.2C15H30N2.C14H29N3.C14H28N2.2C13H26N2.C12H24N2/c1-16(2,3)19-9-6-15(7-10-19)5-8-18-13-11-17(4)12-14-18;1-16(2,3)18-13-8-15(9-14-18)7-12-17-10-5-4-6-11-17;1-15(2,3)17-12-7-14(8-13-17)6-11-16-9-4-5-10-16;1-15(2,3)17-12-8-14(13-17)7-11-16-9-5-4-6-10-16;1-14(2,3)17-7-5-13(6-8-17)16-11-9-15(4)10-12-16;1-14(2,3)16-11-7-13(8-12-16)15-9-5-4-6-10-15;1-13(2,3)15-10-6-12(7-11-15)14-8-4-5-9-14;1-13(2,3)15-10-7-12(11-15)14-8-5-4-6-9-14;1-12(2,3)14-9-6-11(10-14)13-7-4-5-8-13/h15H,5-14H2,1-4H3;15H,4-14H2,1-3H3;2*14H,4-13H2,1-3H3;13H,5-12H2,1-4H3;13H,4-12H2,1-3H3;2*12H,4-11H2,1-3H3;11H,4-10H2,1-3H3. The molecule has 0 aromatic carbocycles. The molecule has 148 heavy (non-hydrogen) atoms. The molecular formula is C128H258N20.